The Labute approximate surface area is 137 Å². The molecule has 0 spiro atoms. The van der Waals surface area contributed by atoms with E-state index in [1.54, 1.807) is 4.90 Å². The molecule has 2 saturated heterocycles. The molecule has 0 bridgehead atoms. The Balaban J connectivity index is 1.54. The number of carbonyl (C=O) groups is 2. The van der Waals surface area contributed by atoms with Crippen LogP contribution in [0.2, 0.25) is 0 Å². The lowest BCUT2D eigenvalue weighted by atomic mass is 9.87. The fraction of sp³-hybridized carbons (Fsp3) is 0.875. The van der Waals surface area contributed by atoms with Gasteiger partial charge in [0, 0.05) is 25.0 Å². The zero-order valence-corrected chi connectivity index (χ0v) is 14.5. The van der Waals surface area contributed by atoms with Gasteiger partial charge < -0.3 is 10.2 Å². The van der Waals surface area contributed by atoms with Crippen molar-refractivity contribution in [3.63, 3.8) is 0 Å². The number of rotatable bonds is 3. The number of nitrogens with one attached hydrogen (secondary N) is 1. The van der Waals surface area contributed by atoms with Gasteiger partial charge in [0.1, 0.15) is 0 Å². The largest absolute Gasteiger partial charge is 0.353 e. The molecule has 2 atom stereocenters. The Morgan fingerprint density at radius 2 is 1.87 bits per heavy atom. The fourth-order valence-corrected chi connectivity index (χ4v) is 5.74. The van der Waals surface area contributed by atoms with Crippen molar-refractivity contribution >= 4 is 21.7 Å². The van der Waals surface area contributed by atoms with Crippen LogP contribution in [0.1, 0.15) is 45.4 Å². The highest BCUT2D eigenvalue weighted by atomic mass is 32.2. The number of nitrogens with zero attached hydrogens (tertiary/aromatic N) is 1. The van der Waals surface area contributed by atoms with E-state index in [9.17, 15) is 18.0 Å². The van der Waals surface area contributed by atoms with E-state index >= 15 is 0 Å². The number of carbonyl (C=O) groups excluding carboxylic acids is 2. The summed E-state index contributed by atoms with van der Waals surface area (Å²) < 4.78 is 23.2. The second-order valence-electron chi connectivity index (χ2n) is 7.47. The van der Waals surface area contributed by atoms with E-state index in [0.29, 0.717) is 13.0 Å². The summed E-state index contributed by atoms with van der Waals surface area (Å²) in [6.45, 7) is 2.61. The van der Waals surface area contributed by atoms with Crippen LogP contribution in [0.4, 0.5) is 0 Å². The molecule has 0 radical (unpaired) electrons. The molecular formula is C16H26N2O4S. The number of amides is 2. The molecule has 1 aliphatic carbocycles. The maximum atomic E-state index is 12.4. The molecule has 0 aromatic rings. The van der Waals surface area contributed by atoms with Crippen molar-refractivity contribution in [3.8, 4) is 0 Å². The first-order valence-corrected chi connectivity index (χ1v) is 10.5. The first-order chi connectivity index (χ1) is 10.8. The SMILES string of the molecule is CC1CCC(NC(=O)C2CC(=O)N(C3CCS(=O)(=O)C3)C2)CC1. The molecule has 3 aliphatic rings. The van der Waals surface area contributed by atoms with Crippen molar-refractivity contribution in [2.45, 2.75) is 57.5 Å². The minimum absolute atomic E-state index is 0.0405. The van der Waals surface area contributed by atoms with Gasteiger partial charge in [-0.25, -0.2) is 8.42 Å². The van der Waals surface area contributed by atoms with Crippen LogP contribution in [0, 0.1) is 11.8 Å². The molecule has 0 aromatic carbocycles. The summed E-state index contributed by atoms with van der Waals surface area (Å²) in [7, 11) is -3.02. The second kappa shape index (κ2) is 6.42. The van der Waals surface area contributed by atoms with Crippen molar-refractivity contribution in [1.82, 2.24) is 10.2 Å². The quantitative estimate of drug-likeness (QED) is 0.819. The molecule has 1 saturated carbocycles. The molecule has 2 unspecified atom stereocenters. The highest BCUT2D eigenvalue weighted by Crippen LogP contribution is 2.27. The lowest BCUT2D eigenvalue weighted by molar-refractivity contribution is -0.130. The number of likely N-dealkylation sites (tertiary alicyclic amines) is 1. The molecule has 1 N–H and O–H groups in total. The number of hydrogen-bond acceptors (Lipinski definition) is 4. The van der Waals surface area contributed by atoms with E-state index in [1.807, 2.05) is 0 Å². The Hall–Kier alpha value is -1.11. The topological polar surface area (TPSA) is 83.6 Å². The van der Waals surface area contributed by atoms with E-state index in [1.165, 1.54) is 0 Å². The van der Waals surface area contributed by atoms with E-state index in [2.05, 4.69) is 12.2 Å². The van der Waals surface area contributed by atoms with Gasteiger partial charge in [-0.2, -0.15) is 0 Å². The normalized spacial score (nSPS) is 37.1. The smallest absolute Gasteiger partial charge is 0.225 e. The summed E-state index contributed by atoms with van der Waals surface area (Å²) in [4.78, 5) is 26.2. The summed E-state index contributed by atoms with van der Waals surface area (Å²) in [5.74, 6) is 0.485. The molecule has 2 amide bonds. The van der Waals surface area contributed by atoms with E-state index in [0.717, 1.165) is 31.6 Å². The summed E-state index contributed by atoms with van der Waals surface area (Å²) in [5.41, 5.74) is 0. The molecule has 3 rings (SSSR count). The molecule has 6 nitrogen and oxygen atoms in total. The van der Waals surface area contributed by atoms with Crippen molar-refractivity contribution in [2.75, 3.05) is 18.1 Å². The van der Waals surface area contributed by atoms with E-state index in [-0.39, 0.29) is 47.7 Å². The molecule has 3 fully saturated rings. The minimum Gasteiger partial charge on any atom is -0.353 e. The van der Waals surface area contributed by atoms with E-state index in [4.69, 9.17) is 0 Å². The Kier molecular flexibility index (Phi) is 4.67. The molecule has 0 aromatic heterocycles. The van der Waals surface area contributed by atoms with Gasteiger partial charge in [-0.15, -0.1) is 0 Å². The third-order valence-corrected chi connectivity index (χ3v) is 7.29. The van der Waals surface area contributed by atoms with Crippen LogP contribution in [-0.4, -0.2) is 55.3 Å². The van der Waals surface area contributed by atoms with Crippen LogP contribution < -0.4 is 5.32 Å². The predicted octanol–water partition coefficient (Wildman–Crippen LogP) is 0.717. The van der Waals surface area contributed by atoms with Crippen LogP contribution in [0.5, 0.6) is 0 Å². The molecule has 2 heterocycles. The standard InChI is InChI=1S/C16H26N2O4S/c1-11-2-4-13(5-3-11)17-16(20)12-8-15(19)18(9-12)14-6-7-23(21,22)10-14/h11-14H,2-10H2,1H3,(H,17,20). The first kappa shape index (κ1) is 16.7. The van der Waals surface area contributed by atoms with Gasteiger partial charge in [0.05, 0.1) is 17.4 Å². The average molecular weight is 342 g/mol. The van der Waals surface area contributed by atoms with Gasteiger partial charge in [0.2, 0.25) is 11.8 Å². The van der Waals surface area contributed by atoms with Gasteiger partial charge in [-0.3, -0.25) is 9.59 Å². The zero-order valence-electron chi connectivity index (χ0n) is 13.7. The fourth-order valence-electron chi connectivity index (χ4n) is 4.00. The first-order valence-electron chi connectivity index (χ1n) is 8.64. The second-order valence-corrected chi connectivity index (χ2v) is 9.70. The summed E-state index contributed by atoms with van der Waals surface area (Å²) >= 11 is 0. The maximum absolute atomic E-state index is 12.4. The van der Waals surface area contributed by atoms with Crippen LogP contribution in [0.3, 0.4) is 0 Å². The summed E-state index contributed by atoms with van der Waals surface area (Å²) in [6, 6.07) is -0.00413. The lowest BCUT2D eigenvalue weighted by Crippen LogP contribution is -2.42. The van der Waals surface area contributed by atoms with Gasteiger partial charge in [-0.05, 0) is 38.0 Å². The summed E-state index contributed by atoms with van der Waals surface area (Å²) in [6.07, 6.45) is 5.02. The van der Waals surface area contributed by atoms with Crippen molar-refractivity contribution in [2.24, 2.45) is 11.8 Å². The van der Waals surface area contributed by atoms with Crippen molar-refractivity contribution in [3.05, 3.63) is 0 Å². The van der Waals surface area contributed by atoms with E-state index < -0.39 is 9.84 Å². The zero-order chi connectivity index (χ0) is 16.6. The monoisotopic (exact) mass is 342 g/mol. The van der Waals surface area contributed by atoms with Gasteiger partial charge in [0.25, 0.3) is 0 Å². The Morgan fingerprint density at radius 1 is 1.17 bits per heavy atom. The van der Waals surface area contributed by atoms with Crippen LogP contribution in [-0.2, 0) is 19.4 Å². The lowest BCUT2D eigenvalue weighted by Gasteiger charge is -2.28. The Bertz CT molecular complexity index is 581. The molecular weight excluding hydrogens is 316 g/mol. The maximum Gasteiger partial charge on any atom is 0.225 e. The third kappa shape index (κ3) is 3.87. The van der Waals surface area contributed by atoms with Gasteiger partial charge in [0.15, 0.2) is 9.84 Å². The minimum atomic E-state index is -3.02. The summed E-state index contributed by atoms with van der Waals surface area (Å²) in [5, 5.41) is 3.09. The highest BCUT2D eigenvalue weighted by Gasteiger charge is 2.42. The molecule has 2 aliphatic heterocycles. The van der Waals surface area contributed by atoms with Crippen LogP contribution in [0.15, 0.2) is 0 Å². The van der Waals surface area contributed by atoms with Gasteiger partial charge >= 0.3 is 0 Å². The number of sulfone groups is 1. The predicted molar refractivity (Wildman–Crippen MR) is 86.4 cm³/mol. The van der Waals surface area contributed by atoms with Crippen molar-refractivity contribution in [1.29, 1.82) is 0 Å². The van der Waals surface area contributed by atoms with Crippen LogP contribution in [0.25, 0.3) is 0 Å². The van der Waals surface area contributed by atoms with Crippen molar-refractivity contribution < 1.29 is 18.0 Å². The molecule has 7 heteroatoms. The highest BCUT2D eigenvalue weighted by molar-refractivity contribution is 7.91. The Morgan fingerprint density at radius 3 is 2.48 bits per heavy atom. The average Bonchev–Trinajstić information content (AvgIpc) is 3.04. The van der Waals surface area contributed by atoms with Gasteiger partial charge in [-0.1, -0.05) is 6.92 Å². The van der Waals surface area contributed by atoms with Crippen LogP contribution >= 0.6 is 0 Å². The number of hydrogen-bond donors (Lipinski definition) is 1. The molecule has 130 valence electrons. The third-order valence-electron chi connectivity index (χ3n) is 5.54. The molecule has 23 heavy (non-hydrogen) atoms.